The Labute approximate surface area is 144 Å². The molecule has 0 radical (unpaired) electrons. The van der Waals surface area contributed by atoms with E-state index in [2.05, 4.69) is 9.97 Å². The summed E-state index contributed by atoms with van der Waals surface area (Å²) in [4.78, 5) is 6.96. The van der Waals surface area contributed by atoms with Crippen molar-refractivity contribution in [3.8, 4) is 5.88 Å². The van der Waals surface area contributed by atoms with Crippen molar-refractivity contribution in [1.82, 2.24) is 9.97 Å². The Morgan fingerprint density at radius 2 is 1.61 bits per heavy atom. The second-order valence-corrected chi connectivity index (χ2v) is 8.21. The molecule has 12 heteroatoms. The second-order valence-electron chi connectivity index (χ2n) is 3.79. The first kappa shape index (κ1) is 19.6. The van der Waals surface area contributed by atoms with E-state index < -0.39 is 19.1 Å². The highest BCUT2D eigenvalue weighted by Crippen LogP contribution is 2.21. The number of methoxy groups -OCH3 is 1. The zero-order valence-electron chi connectivity index (χ0n) is 11.5. The Morgan fingerprint density at radius 1 is 1.09 bits per heavy atom. The minimum Gasteiger partial charge on any atom is -0.480 e. The Bertz CT molecular complexity index is 894. The highest BCUT2D eigenvalue weighted by Gasteiger charge is 2.14. The summed E-state index contributed by atoms with van der Waals surface area (Å²) in [6.45, 7) is 0. The van der Waals surface area contributed by atoms with Crippen LogP contribution in [0.15, 0.2) is 46.5 Å². The lowest BCUT2D eigenvalue weighted by molar-refractivity contribution is 0.385. The molecule has 0 aliphatic carbocycles. The van der Waals surface area contributed by atoms with E-state index in [1.807, 2.05) is 0 Å². The summed E-state index contributed by atoms with van der Waals surface area (Å²) < 4.78 is 47.8. The number of nitrogens with zero attached hydrogens (tertiary/aromatic N) is 2. The van der Waals surface area contributed by atoms with Gasteiger partial charge < -0.3 is 4.74 Å². The normalized spacial score (nSPS) is 11.3. The minimum atomic E-state index is -3.76. The fourth-order valence-corrected chi connectivity index (χ4v) is 3.36. The molecule has 0 fully saturated rings. The molecule has 0 spiro atoms. The lowest BCUT2D eigenvalue weighted by Gasteiger charge is -2.02. The molecule has 2 aromatic rings. The molecule has 0 amide bonds. The van der Waals surface area contributed by atoms with Crippen LogP contribution in [0.25, 0.3) is 0 Å². The van der Waals surface area contributed by atoms with Crippen LogP contribution in [0.5, 0.6) is 5.88 Å². The summed E-state index contributed by atoms with van der Waals surface area (Å²) in [6.07, 6.45) is 2.81. The van der Waals surface area contributed by atoms with Crippen LogP contribution in [0.4, 0.5) is 0 Å². The number of halogens is 2. The van der Waals surface area contributed by atoms with Crippen molar-refractivity contribution in [1.29, 1.82) is 0 Å². The van der Waals surface area contributed by atoms with Gasteiger partial charge in [0.05, 0.1) is 7.11 Å². The number of rotatable bonds is 3. The van der Waals surface area contributed by atoms with Crippen LogP contribution in [0.2, 0.25) is 5.15 Å². The van der Waals surface area contributed by atoms with Gasteiger partial charge in [-0.2, -0.15) is 0 Å². The molecule has 0 atom stereocenters. The van der Waals surface area contributed by atoms with Crippen LogP contribution in [0.1, 0.15) is 1.43 Å². The number of hydrogen-bond donors (Lipinski definition) is 1. The number of pyridine rings is 2. The molecule has 0 saturated heterocycles. The maximum Gasteiger partial charge on any atom is 0.264 e. The van der Waals surface area contributed by atoms with Crippen LogP contribution in [0, 0.1) is 0 Å². The van der Waals surface area contributed by atoms with Crippen LogP contribution in [0.3, 0.4) is 0 Å². The minimum absolute atomic E-state index is 0. The van der Waals surface area contributed by atoms with Gasteiger partial charge in [0, 0.05) is 24.5 Å². The highest BCUT2D eigenvalue weighted by molar-refractivity contribution is 8.13. The molecule has 2 aromatic heterocycles. The van der Waals surface area contributed by atoms with E-state index in [1.54, 1.807) is 0 Å². The standard InChI is InChI=1S/C6H8N2O3S.C5H3Cl2NO2S.H2/c1-11-6-5(12(7,9)10)3-2-4-8-6;6-5-4(11(7,9)10)2-1-3-8-5;/h2-4H,1H3,(H2,7,9,10);1-3H;1H. The average molecular weight is 402 g/mol. The second kappa shape index (κ2) is 7.88. The first-order chi connectivity index (χ1) is 10.6. The molecule has 2 heterocycles. The summed E-state index contributed by atoms with van der Waals surface area (Å²) in [5.74, 6) is 0.0139. The molecule has 23 heavy (non-hydrogen) atoms. The van der Waals surface area contributed by atoms with Gasteiger partial charge in [0.25, 0.3) is 9.05 Å². The summed E-state index contributed by atoms with van der Waals surface area (Å²) >= 11 is 5.43. The van der Waals surface area contributed by atoms with Gasteiger partial charge in [-0.05, 0) is 24.3 Å². The predicted octanol–water partition coefficient (Wildman–Crippen LogP) is 1.65. The van der Waals surface area contributed by atoms with Gasteiger partial charge in [-0.15, -0.1) is 0 Å². The molecular formula is C11H13Cl2N3O5S2. The molecule has 2 rings (SSSR count). The van der Waals surface area contributed by atoms with Gasteiger partial charge in [0.2, 0.25) is 15.9 Å². The van der Waals surface area contributed by atoms with E-state index in [0.717, 1.165) is 0 Å². The van der Waals surface area contributed by atoms with E-state index in [0.29, 0.717) is 0 Å². The Kier molecular flexibility index (Phi) is 6.71. The fourth-order valence-electron chi connectivity index (χ4n) is 1.30. The summed E-state index contributed by atoms with van der Waals surface area (Å²) in [5.41, 5.74) is 0. The largest absolute Gasteiger partial charge is 0.480 e. The van der Waals surface area contributed by atoms with Crippen molar-refractivity contribution in [3.05, 3.63) is 41.8 Å². The molecule has 0 unspecified atom stereocenters. The lowest BCUT2D eigenvalue weighted by Crippen LogP contribution is -2.13. The lowest BCUT2D eigenvalue weighted by atomic mass is 10.5. The monoisotopic (exact) mass is 401 g/mol. The van der Waals surface area contributed by atoms with Crippen molar-refractivity contribution in [2.75, 3.05) is 7.11 Å². The smallest absolute Gasteiger partial charge is 0.264 e. The van der Waals surface area contributed by atoms with E-state index in [-0.39, 0.29) is 22.3 Å². The van der Waals surface area contributed by atoms with Gasteiger partial charge in [-0.3, -0.25) is 0 Å². The summed E-state index contributed by atoms with van der Waals surface area (Å²) in [7, 11) is -1.15. The highest BCUT2D eigenvalue weighted by atomic mass is 35.7. The zero-order valence-corrected chi connectivity index (χ0v) is 14.7. The average Bonchev–Trinajstić information content (AvgIpc) is 2.46. The molecule has 0 saturated carbocycles. The van der Waals surface area contributed by atoms with Crippen molar-refractivity contribution >= 4 is 41.4 Å². The maximum absolute atomic E-state index is 10.9. The third-order valence-electron chi connectivity index (χ3n) is 2.22. The van der Waals surface area contributed by atoms with Gasteiger partial charge in [0.15, 0.2) is 0 Å². The summed E-state index contributed by atoms with van der Waals surface area (Å²) in [5, 5.41) is 4.78. The van der Waals surface area contributed by atoms with Gasteiger partial charge in [-0.25, -0.2) is 31.9 Å². The number of ether oxygens (including phenoxy) is 1. The summed E-state index contributed by atoms with van der Waals surface area (Å²) in [6, 6.07) is 5.54. The van der Waals surface area contributed by atoms with E-state index in [4.69, 9.17) is 32.2 Å². The number of aromatic nitrogens is 2. The van der Waals surface area contributed by atoms with Crippen molar-refractivity contribution in [2.24, 2.45) is 5.14 Å². The number of primary sulfonamides is 1. The Hall–Kier alpha value is -1.46. The van der Waals surface area contributed by atoms with Crippen LogP contribution in [-0.4, -0.2) is 33.9 Å². The molecule has 0 aromatic carbocycles. The van der Waals surface area contributed by atoms with Crippen LogP contribution < -0.4 is 9.88 Å². The molecule has 0 aliphatic heterocycles. The third kappa shape index (κ3) is 5.92. The van der Waals surface area contributed by atoms with Crippen molar-refractivity contribution < 1.29 is 23.0 Å². The van der Waals surface area contributed by atoms with Crippen LogP contribution >= 0.6 is 22.3 Å². The number of nitrogens with two attached hydrogens (primary N) is 1. The first-order valence-electron chi connectivity index (χ1n) is 5.64. The van der Waals surface area contributed by atoms with Crippen molar-refractivity contribution in [3.63, 3.8) is 0 Å². The molecule has 0 bridgehead atoms. The Balaban J connectivity index is 0.000000425. The van der Waals surface area contributed by atoms with E-state index in [1.165, 1.54) is 43.8 Å². The first-order valence-corrected chi connectivity index (χ1v) is 9.87. The fraction of sp³-hybridized carbons (Fsp3) is 0.0909. The van der Waals surface area contributed by atoms with Gasteiger partial charge >= 0.3 is 0 Å². The topological polar surface area (TPSA) is 129 Å². The molecular weight excluding hydrogens is 389 g/mol. The van der Waals surface area contributed by atoms with E-state index in [9.17, 15) is 16.8 Å². The van der Waals surface area contributed by atoms with E-state index >= 15 is 0 Å². The third-order valence-corrected chi connectivity index (χ3v) is 4.91. The maximum atomic E-state index is 10.9. The molecule has 8 nitrogen and oxygen atoms in total. The van der Waals surface area contributed by atoms with Crippen molar-refractivity contribution in [2.45, 2.75) is 9.79 Å². The van der Waals surface area contributed by atoms with Gasteiger partial charge in [-0.1, -0.05) is 11.6 Å². The Morgan fingerprint density at radius 3 is 1.96 bits per heavy atom. The predicted molar refractivity (Wildman–Crippen MR) is 86.6 cm³/mol. The quantitative estimate of drug-likeness (QED) is 0.610. The SMILES string of the molecule is COc1ncccc1S(N)(=O)=O.O=S(=O)(Cl)c1cccnc1Cl.[HH]. The zero-order chi connectivity index (χ0) is 17.7. The van der Waals surface area contributed by atoms with Crippen LogP contribution in [-0.2, 0) is 19.1 Å². The number of hydrogen-bond acceptors (Lipinski definition) is 7. The molecule has 128 valence electrons. The molecule has 0 aliphatic rings. The molecule has 2 N–H and O–H groups in total. The van der Waals surface area contributed by atoms with Gasteiger partial charge in [0.1, 0.15) is 14.9 Å². The number of sulfonamides is 1.